The highest BCUT2D eigenvalue weighted by Gasteiger charge is 2.21. The molecule has 3 N–H and O–H groups in total. The second-order valence-corrected chi connectivity index (χ2v) is 7.80. The molecule has 2 heterocycles. The summed E-state index contributed by atoms with van der Waals surface area (Å²) in [4.78, 5) is 20.7. The number of anilines is 1. The summed E-state index contributed by atoms with van der Waals surface area (Å²) in [7, 11) is 0. The summed E-state index contributed by atoms with van der Waals surface area (Å²) >= 11 is 5.97. The summed E-state index contributed by atoms with van der Waals surface area (Å²) < 4.78 is 5.32. The SMILES string of the molecule is CC(C)(C)OC(=O)NCC(Nc1ccc(Cl)cc1)c1nc(-c2ccncc2)n[nH]1. The van der Waals surface area contributed by atoms with Gasteiger partial charge in [-0.15, -0.1) is 0 Å². The Bertz CT molecular complexity index is 938. The molecule has 8 nitrogen and oxygen atoms in total. The Morgan fingerprint density at radius 1 is 1.17 bits per heavy atom. The summed E-state index contributed by atoms with van der Waals surface area (Å²) in [6.07, 6.45) is 2.85. The molecule has 2 aromatic heterocycles. The van der Waals surface area contributed by atoms with Gasteiger partial charge in [-0.3, -0.25) is 10.1 Å². The molecule has 3 rings (SSSR count). The molecule has 0 spiro atoms. The van der Waals surface area contributed by atoms with E-state index in [9.17, 15) is 4.79 Å². The van der Waals surface area contributed by atoms with Crippen LogP contribution in [0.25, 0.3) is 11.4 Å². The number of pyridine rings is 1. The summed E-state index contributed by atoms with van der Waals surface area (Å²) in [5.74, 6) is 1.12. The highest BCUT2D eigenvalue weighted by atomic mass is 35.5. The maximum Gasteiger partial charge on any atom is 0.407 e. The average Bonchev–Trinajstić information content (AvgIpc) is 3.16. The van der Waals surface area contributed by atoms with Gasteiger partial charge in [-0.1, -0.05) is 11.6 Å². The molecule has 3 aromatic rings. The molecule has 1 amide bonds. The lowest BCUT2D eigenvalue weighted by Gasteiger charge is -2.22. The number of carbonyl (C=O) groups excluding carboxylic acids is 1. The first kappa shape index (κ1) is 20.6. The standard InChI is InChI=1S/C20H23ClN6O2/c1-20(2,3)29-19(28)23-12-16(24-15-6-4-14(21)5-7-15)18-25-17(26-27-18)13-8-10-22-11-9-13/h4-11,16,24H,12H2,1-3H3,(H,23,28)(H,25,26,27). The van der Waals surface area contributed by atoms with E-state index in [2.05, 4.69) is 30.8 Å². The van der Waals surface area contributed by atoms with Gasteiger partial charge in [-0.05, 0) is 57.2 Å². The molecule has 0 saturated carbocycles. The van der Waals surface area contributed by atoms with Gasteiger partial charge in [0.05, 0.1) is 0 Å². The number of ether oxygens (including phenoxy) is 1. The van der Waals surface area contributed by atoms with E-state index in [0.29, 0.717) is 16.7 Å². The number of hydrogen-bond donors (Lipinski definition) is 3. The fourth-order valence-electron chi connectivity index (χ4n) is 2.52. The fourth-order valence-corrected chi connectivity index (χ4v) is 2.65. The van der Waals surface area contributed by atoms with Crippen LogP contribution in [-0.4, -0.2) is 38.4 Å². The Balaban J connectivity index is 1.77. The zero-order valence-corrected chi connectivity index (χ0v) is 17.2. The minimum absolute atomic E-state index is 0.239. The van der Waals surface area contributed by atoms with Gasteiger partial charge in [0.15, 0.2) is 5.82 Å². The minimum Gasteiger partial charge on any atom is -0.444 e. The highest BCUT2D eigenvalue weighted by molar-refractivity contribution is 6.30. The molecule has 29 heavy (non-hydrogen) atoms. The summed E-state index contributed by atoms with van der Waals surface area (Å²) in [6, 6.07) is 10.6. The largest absolute Gasteiger partial charge is 0.444 e. The average molecular weight is 415 g/mol. The monoisotopic (exact) mass is 414 g/mol. The van der Waals surface area contributed by atoms with E-state index < -0.39 is 11.7 Å². The van der Waals surface area contributed by atoms with Crippen LogP contribution in [0.15, 0.2) is 48.8 Å². The van der Waals surface area contributed by atoms with Crippen molar-refractivity contribution in [2.45, 2.75) is 32.4 Å². The number of nitrogens with one attached hydrogen (secondary N) is 3. The van der Waals surface area contributed by atoms with Crippen LogP contribution < -0.4 is 10.6 Å². The lowest BCUT2D eigenvalue weighted by atomic mass is 10.2. The number of H-pyrrole nitrogens is 1. The van der Waals surface area contributed by atoms with Crippen molar-refractivity contribution in [3.05, 3.63) is 59.6 Å². The molecule has 1 aromatic carbocycles. The third kappa shape index (κ3) is 6.18. The van der Waals surface area contributed by atoms with E-state index in [-0.39, 0.29) is 12.6 Å². The van der Waals surface area contributed by atoms with Gasteiger partial charge in [0, 0.05) is 35.2 Å². The summed E-state index contributed by atoms with van der Waals surface area (Å²) in [5, 5.41) is 14.0. The van der Waals surface area contributed by atoms with E-state index in [4.69, 9.17) is 16.3 Å². The number of benzene rings is 1. The Hall–Kier alpha value is -3.13. The summed E-state index contributed by atoms with van der Waals surface area (Å²) in [5.41, 5.74) is 1.09. The Morgan fingerprint density at radius 2 is 1.86 bits per heavy atom. The zero-order valence-electron chi connectivity index (χ0n) is 16.4. The number of aromatic amines is 1. The van der Waals surface area contributed by atoms with Crippen molar-refractivity contribution < 1.29 is 9.53 Å². The van der Waals surface area contributed by atoms with Gasteiger partial charge in [0.1, 0.15) is 17.5 Å². The summed E-state index contributed by atoms with van der Waals surface area (Å²) in [6.45, 7) is 5.68. The molecule has 0 fully saturated rings. The molecule has 9 heteroatoms. The van der Waals surface area contributed by atoms with Gasteiger partial charge >= 0.3 is 6.09 Å². The van der Waals surface area contributed by atoms with Crippen molar-refractivity contribution in [2.75, 3.05) is 11.9 Å². The predicted molar refractivity (Wildman–Crippen MR) is 112 cm³/mol. The molecular formula is C20H23ClN6O2. The molecule has 152 valence electrons. The first-order valence-corrected chi connectivity index (χ1v) is 9.49. The number of rotatable bonds is 6. The normalized spacial score (nSPS) is 12.3. The van der Waals surface area contributed by atoms with Crippen LogP contribution in [-0.2, 0) is 4.74 Å². The van der Waals surface area contributed by atoms with E-state index in [0.717, 1.165) is 11.3 Å². The zero-order chi connectivity index (χ0) is 20.9. The van der Waals surface area contributed by atoms with Crippen LogP contribution in [0.1, 0.15) is 32.6 Å². The van der Waals surface area contributed by atoms with Gasteiger partial charge in [-0.25, -0.2) is 9.78 Å². The molecule has 0 radical (unpaired) electrons. The molecule has 0 aliphatic heterocycles. The van der Waals surface area contributed by atoms with Crippen molar-refractivity contribution in [1.29, 1.82) is 0 Å². The van der Waals surface area contributed by atoms with Crippen molar-refractivity contribution in [3.63, 3.8) is 0 Å². The van der Waals surface area contributed by atoms with Crippen molar-refractivity contribution in [1.82, 2.24) is 25.5 Å². The van der Waals surface area contributed by atoms with Crippen LogP contribution in [0.4, 0.5) is 10.5 Å². The maximum atomic E-state index is 12.1. The predicted octanol–water partition coefficient (Wildman–Crippen LogP) is 4.20. The molecule has 0 saturated heterocycles. The number of amides is 1. The second kappa shape index (κ2) is 8.91. The molecule has 1 unspecified atom stereocenters. The molecule has 0 bridgehead atoms. The number of aromatic nitrogens is 4. The quantitative estimate of drug-likeness (QED) is 0.558. The first-order chi connectivity index (χ1) is 13.8. The lowest BCUT2D eigenvalue weighted by molar-refractivity contribution is 0.0525. The second-order valence-electron chi connectivity index (χ2n) is 7.37. The van der Waals surface area contributed by atoms with Crippen LogP contribution in [0, 0.1) is 0 Å². The third-order valence-electron chi connectivity index (χ3n) is 3.81. The molecule has 0 aliphatic rings. The molecule has 0 aliphatic carbocycles. The Labute approximate surface area is 174 Å². The minimum atomic E-state index is -0.579. The van der Waals surface area contributed by atoms with E-state index >= 15 is 0 Å². The topological polar surface area (TPSA) is 105 Å². The highest BCUT2D eigenvalue weighted by Crippen LogP contribution is 2.21. The van der Waals surface area contributed by atoms with Gasteiger partial charge < -0.3 is 15.4 Å². The Kier molecular flexibility index (Phi) is 6.33. The van der Waals surface area contributed by atoms with E-state index in [1.165, 1.54) is 0 Å². The van der Waals surface area contributed by atoms with Crippen LogP contribution in [0.2, 0.25) is 5.02 Å². The number of alkyl carbamates (subject to hydrolysis) is 1. The first-order valence-electron chi connectivity index (χ1n) is 9.12. The number of halogens is 1. The van der Waals surface area contributed by atoms with Crippen LogP contribution >= 0.6 is 11.6 Å². The van der Waals surface area contributed by atoms with Gasteiger partial charge in [0.2, 0.25) is 0 Å². The Morgan fingerprint density at radius 3 is 2.52 bits per heavy atom. The molecule has 1 atom stereocenters. The van der Waals surface area contributed by atoms with E-state index in [1.807, 2.05) is 45.0 Å². The fraction of sp³-hybridized carbons (Fsp3) is 0.300. The van der Waals surface area contributed by atoms with Crippen molar-refractivity contribution in [3.8, 4) is 11.4 Å². The number of hydrogen-bond acceptors (Lipinski definition) is 6. The lowest BCUT2D eigenvalue weighted by Crippen LogP contribution is -2.36. The smallest absolute Gasteiger partial charge is 0.407 e. The van der Waals surface area contributed by atoms with Crippen LogP contribution in [0.5, 0.6) is 0 Å². The third-order valence-corrected chi connectivity index (χ3v) is 4.06. The van der Waals surface area contributed by atoms with Crippen LogP contribution in [0.3, 0.4) is 0 Å². The van der Waals surface area contributed by atoms with Gasteiger partial charge in [-0.2, -0.15) is 5.10 Å². The molecular weight excluding hydrogens is 392 g/mol. The number of carbonyl (C=O) groups is 1. The van der Waals surface area contributed by atoms with Crippen molar-refractivity contribution >= 4 is 23.4 Å². The van der Waals surface area contributed by atoms with E-state index in [1.54, 1.807) is 24.5 Å². The van der Waals surface area contributed by atoms with Gasteiger partial charge in [0.25, 0.3) is 0 Å². The number of nitrogens with zero attached hydrogens (tertiary/aromatic N) is 3. The maximum absolute atomic E-state index is 12.1. The van der Waals surface area contributed by atoms with Crippen molar-refractivity contribution in [2.24, 2.45) is 0 Å².